The van der Waals surface area contributed by atoms with Crippen LogP contribution >= 0.6 is 11.8 Å². The number of nitrogens with one attached hydrogen (secondary N) is 2. The molecule has 0 unspecified atom stereocenters. The summed E-state index contributed by atoms with van der Waals surface area (Å²) < 4.78 is 0. The fraction of sp³-hybridized carbons (Fsp3) is 0.250. The van der Waals surface area contributed by atoms with Crippen molar-refractivity contribution < 1.29 is 4.79 Å². The summed E-state index contributed by atoms with van der Waals surface area (Å²) >= 11 is 1.66. The molecule has 2 N–H and O–H groups in total. The second-order valence-corrected chi connectivity index (χ2v) is 5.85. The fourth-order valence-corrected chi connectivity index (χ4v) is 2.79. The van der Waals surface area contributed by atoms with Gasteiger partial charge in [0.15, 0.2) is 0 Å². The molecule has 0 aliphatic carbocycles. The van der Waals surface area contributed by atoms with E-state index < -0.39 is 0 Å². The van der Waals surface area contributed by atoms with E-state index in [4.69, 9.17) is 0 Å². The van der Waals surface area contributed by atoms with Crippen LogP contribution in [0.5, 0.6) is 0 Å². The molecule has 5 heteroatoms. The SMILES string of the molecule is CCSc1ccccc1C(=O)Nc1cc(C)cnc1NC. The van der Waals surface area contributed by atoms with Gasteiger partial charge < -0.3 is 10.6 Å². The van der Waals surface area contributed by atoms with Crippen molar-refractivity contribution in [2.45, 2.75) is 18.7 Å². The highest BCUT2D eigenvalue weighted by molar-refractivity contribution is 7.99. The van der Waals surface area contributed by atoms with Gasteiger partial charge in [-0.1, -0.05) is 19.1 Å². The maximum atomic E-state index is 12.5. The van der Waals surface area contributed by atoms with E-state index in [1.165, 1.54) is 0 Å². The molecular weight excluding hydrogens is 282 g/mol. The average molecular weight is 301 g/mol. The molecular formula is C16H19N3OS. The average Bonchev–Trinajstić information content (AvgIpc) is 2.48. The lowest BCUT2D eigenvalue weighted by Gasteiger charge is -2.12. The van der Waals surface area contributed by atoms with E-state index >= 15 is 0 Å². The van der Waals surface area contributed by atoms with Gasteiger partial charge in [-0.15, -0.1) is 11.8 Å². The van der Waals surface area contributed by atoms with E-state index in [2.05, 4.69) is 22.5 Å². The third-order valence-electron chi connectivity index (χ3n) is 2.94. The van der Waals surface area contributed by atoms with E-state index in [-0.39, 0.29) is 5.91 Å². The predicted molar refractivity (Wildman–Crippen MR) is 89.3 cm³/mol. The largest absolute Gasteiger partial charge is 0.371 e. The quantitative estimate of drug-likeness (QED) is 0.825. The molecule has 1 aromatic heterocycles. The summed E-state index contributed by atoms with van der Waals surface area (Å²) in [7, 11) is 1.79. The minimum Gasteiger partial charge on any atom is -0.371 e. The minimum absolute atomic E-state index is 0.115. The first kappa shape index (κ1) is 15.4. The molecule has 0 saturated carbocycles. The molecule has 0 saturated heterocycles. The van der Waals surface area contributed by atoms with Crippen molar-refractivity contribution in [3.05, 3.63) is 47.7 Å². The summed E-state index contributed by atoms with van der Waals surface area (Å²) in [6, 6.07) is 9.54. The molecule has 1 heterocycles. The summed E-state index contributed by atoms with van der Waals surface area (Å²) in [4.78, 5) is 17.8. The van der Waals surface area contributed by atoms with Crippen LogP contribution in [0.15, 0.2) is 41.4 Å². The Balaban J connectivity index is 2.28. The Kier molecular flexibility index (Phi) is 5.22. The van der Waals surface area contributed by atoms with Gasteiger partial charge in [0.05, 0.1) is 11.3 Å². The normalized spacial score (nSPS) is 10.2. The van der Waals surface area contributed by atoms with Crippen LogP contribution in [-0.4, -0.2) is 23.7 Å². The molecule has 0 atom stereocenters. The van der Waals surface area contributed by atoms with Gasteiger partial charge in [-0.2, -0.15) is 0 Å². The first-order valence-corrected chi connectivity index (χ1v) is 7.81. The Morgan fingerprint density at radius 3 is 2.81 bits per heavy atom. The third-order valence-corrected chi connectivity index (χ3v) is 3.90. The zero-order chi connectivity index (χ0) is 15.2. The number of thioether (sulfide) groups is 1. The van der Waals surface area contributed by atoms with Crippen molar-refractivity contribution in [1.29, 1.82) is 0 Å². The van der Waals surface area contributed by atoms with Gasteiger partial charge in [0.1, 0.15) is 5.82 Å². The molecule has 0 spiro atoms. The number of anilines is 2. The molecule has 1 aromatic carbocycles. The molecule has 2 aromatic rings. The number of rotatable bonds is 5. The summed E-state index contributed by atoms with van der Waals surface area (Å²) in [6.45, 7) is 4.02. The standard InChI is InChI=1S/C16H19N3OS/c1-4-21-14-8-6-5-7-12(14)16(20)19-13-9-11(2)10-18-15(13)17-3/h5-10H,4H2,1-3H3,(H,17,18)(H,19,20). The first-order valence-electron chi connectivity index (χ1n) is 6.83. The number of carbonyl (C=O) groups is 1. The minimum atomic E-state index is -0.115. The molecule has 1 amide bonds. The Morgan fingerprint density at radius 2 is 2.10 bits per heavy atom. The van der Waals surface area contributed by atoms with Crippen molar-refractivity contribution in [2.24, 2.45) is 0 Å². The number of benzene rings is 1. The Labute approximate surface area is 129 Å². The molecule has 0 aliphatic rings. The van der Waals surface area contributed by atoms with E-state index in [0.29, 0.717) is 17.1 Å². The first-order chi connectivity index (χ1) is 10.2. The maximum Gasteiger partial charge on any atom is 0.256 e. The van der Waals surface area contributed by atoms with Crippen LogP contribution in [0, 0.1) is 6.92 Å². The summed E-state index contributed by atoms with van der Waals surface area (Å²) in [5.41, 5.74) is 2.38. The van der Waals surface area contributed by atoms with Crippen molar-refractivity contribution in [2.75, 3.05) is 23.4 Å². The molecule has 0 aliphatic heterocycles. The van der Waals surface area contributed by atoms with E-state index in [0.717, 1.165) is 16.2 Å². The van der Waals surface area contributed by atoms with Gasteiger partial charge >= 0.3 is 0 Å². The predicted octanol–water partition coefficient (Wildman–Crippen LogP) is 3.80. The Bertz CT molecular complexity index is 643. The summed E-state index contributed by atoms with van der Waals surface area (Å²) in [5, 5.41) is 5.93. The van der Waals surface area contributed by atoms with Crippen molar-refractivity contribution in [1.82, 2.24) is 4.98 Å². The van der Waals surface area contributed by atoms with E-state index in [9.17, 15) is 4.79 Å². The van der Waals surface area contributed by atoms with Crippen molar-refractivity contribution in [3.63, 3.8) is 0 Å². The highest BCUT2D eigenvalue weighted by atomic mass is 32.2. The second-order valence-electron chi connectivity index (χ2n) is 4.54. The fourth-order valence-electron chi connectivity index (χ4n) is 1.99. The van der Waals surface area contributed by atoms with Crippen LogP contribution in [0.1, 0.15) is 22.8 Å². The molecule has 4 nitrogen and oxygen atoms in total. The smallest absolute Gasteiger partial charge is 0.256 e. The zero-order valence-electron chi connectivity index (χ0n) is 12.4. The lowest BCUT2D eigenvalue weighted by molar-refractivity contribution is 0.102. The number of pyridine rings is 1. The molecule has 0 radical (unpaired) electrons. The number of carbonyl (C=O) groups excluding carboxylic acids is 1. The van der Waals surface area contributed by atoms with Gasteiger partial charge in [0, 0.05) is 18.1 Å². The topological polar surface area (TPSA) is 54.0 Å². The van der Waals surface area contributed by atoms with E-state index in [1.807, 2.05) is 37.3 Å². The number of hydrogen-bond donors (Lipinski definition) is 2. The van der Waals surface area contributed by atoms with Gasteiger partial charge in [-0.3, -0.25) is 4.79 Å². The van der Waals surface area contributed by atoms with Gasteiger partial charge in [0.25, 0.3) is 5.91 Å². The van der Waals surface area contributed by atoms with Crippen LogP contribution in [0.25, 0.3) is 0 Å². The van der Waals surface area contributed by atoms with E-state index in [1.54, 1.807) is 25.0 Å². The van der Waals surface area contributed by atoms with Crippen LogP contribution in [-0.2, 0) is 0 Å². The van der Waals surface area contributed by atoms with Gasteiger partial charge in [-0.25, -0.2) is 4.98 Å². The van der Waals surface area contributed by atoms with Crippen LogP contribution in [0.2, 0.25) is 0 Å². The number of aryl methyl sites for hydroxylation is 1. The number of aromatic nitrogens is 1. The molecule has 2 rings (SSSR count). The zero-order valence-corrected chi connectivity index (χ0v) is 13.3. The number of hydrogen-bond acceptors (Lipinski definition) is 4. The van der Waals surface area contributed by atoms with Crippen molar-refractivity contribution >= 4 is 29.2 Å². The summed E-state index contributed by atoms with van der Waals surface area (Å²) in [6.07, 6.45) is 1.77. The molecule has 110 valence electrons. The second kappa shape index (κ2) is 7.13. The van der Waals surface area contributed by atoms with Crippen molar-refractivity contribution in [3.8, 4) is 0 Å². The molecule has 0 fully saturated rings. The maximum absolute atomic E-state index is 12.5. The highest BCUT2D eigenvalue weighted by Crippen LogP contribution is 2.25. The van der Waals surface area contributed by atoms with Gasteiger partial charge in [-0.05, 0) is 36.4 Å². The lowest BCUT2D eigenvalue weighted by Crippen LogP contribution is -2.14. The highest BCUT2D eigenvalue weighted by Gasteiger charge is 2.13. The molecule has 0 bridgehead atoms. The monoisotopic (exact) mass is 301 g/mol. The Hall–Kier alpha value is -2.01. The summed E-state index contributed by atoms with van der Waals surface area (Å²) in [5.74, 6) is 1.47. The number of nitrogens with zero attached hydrogens (tertiary/aromatic N) is 1. The number of amides is 1. The lowest BCUT2D eigenvalue weighted by atomic mass is 10.2. The van der Waals surface area contributed by atoms with Crippen LogP contribution < -0.4 is 10.6 Å². The van der Waals surface area contributed by atoms with Gasteiger partial charge in [0.2, 0.25) is 0 Å². The van der Waals surface area contributed by atoms with Crippen LogP contribution in [0.4, 0.5) is 11.5 Å². The van der Waals surface area contributed by atoms with Crippen LogP contribution in [0.3, 0.4) is 0 Å². The molecule has 21 heavy (non-hydrogen) atoms. The third kappa shape index (κ3) is 3.76. The Morgan fingerprint density at radius 1 is 1.33 bits per heavy atom.